The smallest absolute Gasteiger partial charge is 0.0706 e. The molecule has 0 N–H and O–H groups in total. The first kappa shape index (κ1) is 13.5. The van der Waals surface area contributed by atoms with Crippen molar-refractivity contribution < 1.29 is 0 Å². The molecule has 17 heavy (non-hydrogen) atoms. The quantitative estimate of drug-likeness (QED) is 0.563. The lowest BCUT2D eigenvalue weighted by Crippen LogP contribution is -2.47. The van der Waals surface area contributed by atoms with Gasteiger partial charge in [0, 0.05) is 0 Å². The molecule has 0 amide bonds. The predicted molar refractivity (Wildman–Crippen MR) is 78.9 cm³/mol. The van der Waals surface area contributed by atoms with Crippen molar-refractivity contribution in [2.24, 2.45) is 23.7 Å². The van der Waals surface area contributed by atoms with Gasteiger partial charge in [-0.15, -0.1) is 0 Å². The van der Waals surface area contributed by atoms with Crippen LogP contribution in [0.2, 0.25) is 17.5 Å². The highest BCUT2D eigenvalue weighted by Crippen LogP contribution is 2.56. The van der Waals surface area contributed by atoms with E-state index >= 15 is 0 Å². The summed E-state index contributed by atoms with van der Waals surface area (Å²) >= 11 is 0. The molecule has 0 nitrogen and oxygen atoms in total. The lowest BCUT2D eigenvalue weighted by Gasteiger charge is -2.52. The van der Waals surface area contributed by atoms with Crippen LogP contribution < -0.4 is 0 Å². The van der Waals surface area contributed by atoms with Gasteiger partial charge in [0.15, 0.2) is 0 Å². The van der Waals surface area contributed by atoms with Gasteiger partial charge in [-0.3, -0.25) is 0 Å². The van der Waals surface area contributed by atoms with E-state index in [1.807, 2.05) is 0 Å². The monoisotopic (exact) mass is 234 g/mol. The second-order valence-electron chi connectivity index (χ2n) is 8.01. The van der Waals surface area contributed by atoms with Crippen LogP contribution in [0.15, 0.2) is 0 Å². The largest absolute Gasteiger partial charge is 0.149 e. The molecular formula is C16H31B. The lowest BCUT2D eigenvalue weighted by molar-refractivity contribution is 0.204. The van der Waals surface area contributed by atoms with E-state index in [-0.39, 0.29) is 0 Å². The fourth-order valence-corrected chi connectivity index (χ4v) is 4.52. The fraction of sp³-hybridized carbons (Fsp3) is 1.00. The van der Waals surface area contributed by atoms with Crippen LogP contribution in [-0.4, -0.2) is 6.71 Å². The first-order valence-electron chi connectivity index (χ1n) is 7.84. The molecule has 2 bridgehead atoms. The third-order valence-corrected chi connectivity index (χ3v) is 6.69. The Labute approximate surface area is 109 Å². The lowest BCUT2D eigenvalue weighted by atomic mass is 9.19. The van der Waals surface area contributed by atoms with Crippen LogP contribution in [0.25, 0.3) is 0 Å². The molecule has 0 radical (unpaired) electrons. The Kier molecular flexibility index (Phi) is 3.67. The molecule has 4 atom stereocenters. The van der Waals surface area contributed by atoms with E-state index in [1.165, 1.54) is 25.6 Å². The van der Waals surface area contributed by atoms with Crippen LogP contribution in [-0.2, 0) is 0 Å². The second-order valence-corrected chi connectivity index (χ2v) is 8.01. The van der Waals surface area contributed by atoms with Gasteiger partial charge in [-0.2, -0.15) is 0 Å². The molecule has 1 saturated heterocycles. The zero-order valence-electron chi connectivity index (χ0n) is 12.8. The molecule has 2 aliphatic rings. The van der Waals surface area contributed by atoms with E-state index in [4.69, 9.17) is 0 Å². The third kappa shape index (κ3) is 2.31. The third-order valence-electron chi connectivity index (χ3n) is 6.69. The summed E-state index contributed by atoms with van der Waals surface area (Å²) in [6.07, 6.45) is 6.02. The topological polar surface area (TPSA) is 0 Å². The standard InChI is InChI=1S/C16H31B/c1-11(2)16(5,6)17-10-13(4)14-8-7-12(3)15(17)9-14/h11-15H,7-10H2,1-6H3/t12-,13?,14-,15-/m0/s1. The Morgan fingerprint density at radius 2 is 1.71 bits per heavy atom. The summed E-state index contributed by atoms with van der Waals surface area (Å²) in [7, 11) is 0. The summed E-state index contributed by atoms with van der Waals surface area (Å²) in [6, 6.07) is 0. The average molecular weight is 234 g/mol. The summed E-state index contributed by atoms with van der Waals surface area (Å²) in [6.45, 7) is 15.9. The average Bonchev–Trinajstić information content (AvgIpc) is 2.26. The summed E-state index contributed by atoms with van der Waals surface area (Å²) in [4.78, 5) is 0. The molecule has 98 valence electrons. The van der Waals surface area contributed by atoms with E-state index in [1.54, 1.807) is 0 Å². The van der Waals surface area contributed by atoms with Crippen molar-refractivity contribution in [3.63, 3.8) is 0 Å². The molecule has 1 saturated carbocycles. The first-order valence-corrected chi connectivity index (χ1v) is 7.84. The highest BCUT2D eigenvalue weighted by molar-refractivity contribution is 6.64. The van der Waals surface area contributed by atoms with Crippen LogP contribution >= 0.6 is 0 Å². The van der Waals surface area contributed by atoms with Gasteiger partial charge in [-0.1, -0.05) is 71.8 Å². The Bertz CT molecular complexity index is 269. The second kappa shape index (κ2) is 4.63. The Hall–Kier alpha value is 0.0649. The van der Waals surface area contributed by atoms with Gasteiger partial charge in [-0.25, -0.2) is 0 Å². The highest BCUT2D eigenvalue weighted by atomic mass is 14.4. The summed E-state index contributed by atoms with van der Waals surface area (Å²) < 4.78 is 0. The maximum Gasteiger partial charge on any atom is 0.149 e. The summed E-state index contributed by atoms with van der Waals surface area (Å²) in [5.41, 5.74) is 0. The maximum absolute atomic E-state index is 2.52. The van der Waals surface area contributed by atoms with E-state index in [2.05, 4.69) is 41.5 Å². The van der Waals surface area contributed by atoms with Gasteiger partial charge in [0.1, 0.15) is 6.71 Å². The van der Waals surface area contributed by atoms with E-state index in [9.17, 15) is 0 Å². The van der Waals surface area contributed by atoms with E-state index < -0.39 is 0 Å². The number of rotatable bonds is 2. The molecule has 2 fully saturated rings. The fourth-order valence-electron chi connectivity index (χ4n) is 4.52. The molecule has 1 heterocycles. The van der Waals surface area contributed by atoms with Crippen molar-refractivity contribution >= 4 is 6.71 Å². The zero-order chi connectivity index (χ0) is 12.8. The van der Waals surface area contributed by atoms with Gasteiger partial charge in [0.2, 0.25) is 0 Å². The molecule has 0 aromatic carbocycles. The predicted octanol–water partition coefficient (Wildman–Crippen LogP) is 5.37. The molecule has 1 aliphatic heterocycles. The Balaban J connectivity index is 2.21. The van der Waals surface area contributed by atoms with Gasteiger partial charge in [0.05, 0.1) is 0 Å². The zero-order valence-corrected chi connectivity index (χ0v) is 12.8. The van der Waals surface area contributed by atoms with Crippen molar-refractivity contribution in [2.75, 3.05) is 0 Å². The van der Waals surface area contributed by atoms with Crippen molar-refractivity contribution in [3.05, 3.63) is 0 Å². The molecule has 1 heteroatoms. The van der Waals surface area contributed by atoms with Gasteiger partial charge >= 0.3 is 0 Å². The van der Waals surface area contributed by atoms with Crippen LogP contribution in [0.3, 0.4) is 0 Å². The molecule has 0 aromatic rings. The van der Waals surface area contributed by atoms with Gasteiger partial charge < -0.3 is 0 Å². The van der Waals surface area contributed by atoms with Crippen LogP contribution in [0, 0.1) is 23.7 Å². The van der Waals surface area contributed by atoms with Crippen LogP contribution in [0.5, 0.6) is 0 Å². The van der Waals surface area contributed by atoms with Crippen molar-refractivity contribution in [1.29, 1.82) is 0 Å². The highest BCUT2D eigenvalue weighted by Gasteiger charge is 2.49. The molecule has 1 unspecified atom stereocenters. The summed E-state index contributed by atoms with van der Waals surface area (Å²) in [5, 5.41) is 0.523. The molecule has 1 aliphatic carbocycles. The molecular weight excluding hydrogens is 203 g/mol. The van der Waals surface area contributed by atoms with Crippen LogP contribution in [0.4, 0.5) is 0 Å². The van der Waals surface area contributed by atoms with Gasteiger partial charge in [0.25, 0.3) is 0 Å². The van der Waals surface area contributed by atoms with Crippen molar-refractivity contribution in [2.45, 2.75) is 78.3 Å². The maximum atomic E-state index is 2.52. The van der Waals surface area contributed by atoms with E-state index in [0.717, 1.165) is 36.2 Å². The molecule has 0 aromatic heterocycles. The van der Waals surface area contributed by atoms with E-state index in [0.29, 0.717) is 5.31 Å². The minimum absolute atomic E-state index is 0.523. The number of hydrogen-bond donors (Lipinski definition) is 0. The van der Waals surface area contributed by atoms with Gasteiger partial charge in [-0.05, 0) is 30.1 Å². The number of fused-ring (bicyclic) bond motifs is 2. The summed E-state index contributed by atoms with van der Waals surface area (Å²) in [5.74, 6) is 4.83. The van der Waals surface area contributed by atoms with Crippen molar-refractivity contribution in [1.82, 2.24) is 0 Å². The van der Waals surface area contributed by atoms with Crippen molar-refractivity contribution in [3.8, 4) is 0 Å². The Morgan fingerprint density at radius 3 is 2.29 bits per heavy atom. The Morgan fingerprint density at radius 1 is 1.06 bits per heavy atom. The molecule has 0 spiro atoms. The normalized spacial score (nSPS) is 38.6. The minimum Gasteiger partial charge on any atom is -0.0706 e. The molecule has 2 rings (SSSR count). The SMILES string of the molecule is CC1CB(C(C)(C)C(C)C)[C@H]2C[C@@H]1CC[C@@H]2C. The number of hydrogen-bond acceptors (Lipinski definition) is 0. The first-order chi connectivity index (χ1) is 7.84. The van der Waals surface area contributed by atoms with Crippen LogP contribution in [0.1, 0.15) is 60.8 Å². The minimum atomic E-state index is 0.523.